The van der Waals surface area contributed by atoms with Crippen LogP contribution in [0, 0.1) is 5.92 Å². The number of aliphatic hydroxyl groups excluding tert-OH is 1. The summed E-state index contributed by atoms with van der Waals surface area (Å²) in [6, 6.07) is 5.71. The van der Waals surface area contributed by atoms with Crippen molar-refractivity contribution in [2.75, 3.05) is 25.2 Å². The van der Waals surface area contributed by atoms with Gasteiger partial charge in [0.15, 0.2) is 0 Å². The molecule has 90 valence electrons. The van der Waals surface area contributed by atoms with Gasteiger partial charge in [0.25, 0.3) is 0 Å². The average Bonchev–Trinajstić information content (AvgIpc) is 2.30. The van der Waals surface area contributed by atoms with E-state index in [0.29, 0.717) is 11.6 Å². The summed E-state index contributed by atoms with van der Waals surface area (Å²) >= 11 is 1.79. The standard InChI is InChI=1S/C12H19NO2S/c1-9(6-14)7-16-8-10-3-4-11(13)5-12(10)15-2/h3-5,9,14H,6-8,13H2,1-2H3. The Morgan fingerprint density at radius 3 is 2.88 bits per heavy atom. The third-order valence-electron chi connectivity index (χ3n) is 2.28. The SMILES string of the molecule is COc1cc(N)ccc1CSCC(C)CO. The lowest BCUT2D eigenvalue weighted by Gasteiger charge is -2.10. The maximum atomic E-state index is 8.91. The highest BCUT2D eigenvalue weighted by Gasteiger charge is 2.05. The number of ether oxygens (including phenoxy) is 1. The zero-order valence-electron chi connectivity index (χ0n) is 9.77. The minimum Gasteiger partial charge on any atom is -0.496 e. The number of nitrogens with two attached hydrogens (primary N) is 1. The molecule has 1 atom stereocenters. The first-order valence-electron chi connectivity index (χ1n) is 5.28. The van der Waals surface area contributed by atoms with E-state index in [4.69, 9.17) is 15.6 Å². The first kappa shape index (κ1) is 13.2. The van der Waals surface area contributed by atoms with Gasteiger partial charge in [-0.15, -0.1) is 0 Å². The summed E-state index contributed by atoms with van der Waals surface area (Å²) < 4.78 is 5.27. The van der Waals surface area contributed by atoms with Crippen LogP contribution >= 0.6 is 11.8 Å². The molecule has 1 unspecified atom stereocenters. The van der Waals surface area contributed by atoms with Gasteiger partial charge in [0, 0.05) is 29.7 Å². The fraction of sp³-hybridized carbons (Fsp3) is 0.500. The highest BCUT2D eigenvalue weighted by Crippen LogP contribution is 2.26. The monoisotopic (exact) mass is 241 g/mol. The van der Waals surface area contributed by atoms with Crippen LogP contribution in [0.25, 0.3) is 0 Å². The van der Waals surface area contributed by atoms with Crippen LogP contribution in [0.2, 0.25) is 0 Å². The zero-order chi connectivity index (χ0) is 12.0. The van der Waals surface area contributed by atoms with Crippen molar-refractivity contribution in [3.05, 3.63) is 23.8 Å². The van der Waals surface area contributed by atoms with E-state index in [9.17, 15) is 0 Å². The van der Waals surface area contributed by atoms with E-state index in [2.05, 4.69) is 0 Å². The summed E-state index contributed by atoms with van der Waals surface area (Å²) in [5.74, 6) is 3.01. The third-order valence-corrected chi connectivity index (χ3v) is 3.60. The Bertz CT molecular complexity index is 331. The number of thioether (sulfide) groups is 1. The Labute approximate surface area is 101 Å². The lowest BCUT2D eigenvalue weighted by molar-refractivity contribution is 0.250. The predicted molar refractivity (Wildman–Crippen MR) is 69.8 cm³/mol. The van der Waals surface area contributed by atoms with Gasteiger partial charge in [-0.25, -0.2) is 0 Å². The summed E-state index contributed by atoms with van der Waals surface area (Å²) in [7, 11) is 1.65. The normalized spacial score (nSPS) is 12.4. The molecule has 0 saturated carbocycles. The van der Waals surface area contributed by atoms with Crippen molar-refractivity contribution in [1.29, 1.82) is 0 Å². The maximum Gasteiger partial charge on any atom is 0.124 e. The second-order valence-electron chi connectivity index (χ2n) is 3.87. The fourth-order valence-corrected chi connectivity index (χ4v) is 2.39. The van der Waals surface area contributed by atoms with Crippen LogP contribution in [-0.2, 0) is 5.75 Å². The molecule has 0 aliphatic heterocycles. The van der Waals surface area contributed by atoms with E-state index in [1.807, 2.05) is 25.1 Å². The molecule has 3 nitrogen and oxygen atoms in total. The van der Waals surface area contributed by atoms with Crippen LogP contribution in [0.3, 0.4) is 0 Å². The summed E-state index contributed by atoms with van der Waals surface area (Å²) in [6.45, 7) is 2.28. The van der Waals surface area contributed by atoms with Crippen LogP contribution in [0.15, 0.2) is 18.2 Å². The molecule has 0 aliphatic carbocycles. The maximum absolute atomic E-state index is 8.91. The molecule has 1 rings (SSSR count). The van der Waals surface area contributed by atoms with Crippen molar-refractivity contribution in [1.82, 2.24) is 0 Å². The van der Waals surface area contributed by atoms with Crippen LogP contribution in [-0.4, -0.2) is 24.6 Å². The summed E-state index contributed by atoms with van der Waals surface area (Å²) in [5.41, 5.74) is 7.54. The van der Waals surface area contributed by atoms with Gasteiger partial charge in [0.1, 0.15) is 5.75 Å². The van der Waals surface area contributed by atoms with Crippen LogP contribution < -0.4 is 10.5 Å². The molecule has 0 radical (unpaired) electrons. The molecule has 0 fully saturated rings. The van der Waals surface area contributed by atoms with Gasteiger partial charge >= 0.3 is 0 Å². The van der Waals surface area contributed by atoms with Crippen molar-refractivity contribution < 1.29 is 9.84 Å². The topological polar surface area (TPSA) is 55.5 Å². The number of methoxy groups -OCH3 is 1. The Balaban J connectivity index is 2.53. The van der Waals surface area contributed by atoms with Gasteiger partial charge in [-0.3, -0.25) is 0 Å². The number of nitrogen functional groups attached to an aromatic ring is 1. The molecule has 0 spiro atoms. The second kappa shape index (κ2) is 6.66. The molecule has 0 bridgehead atoms. The summed E-state index contributed by atoms with van der Waals surface area (Å²) in [5, 5.41) is 8.91. The molecule has 1 aromatic carbocycles. The number of rotatable bonds is 6. The van der Waals surface area contributed by atoms with E-state index in [0.717, 1.165) is 22.8 Å². The lowest BCUT2D eigenvalue weighted by atomic mass is 10.2. The minimum atomic E-state index is 0.242. The molecule has 0 heterocycles. The van der Waals surface area contributed by atoms with E-state index in [1.54, 1.807) is 18.9 Å². The molecule has 1 aromatic rings. The van der Waals surface area contributed by atoms with E-state index < -0.39 is 0 Å². The molecular formula is C12H19NO2S. The summed E-state index contributed by atoms with van der Waals surface area (Å²) in [4.78, 5) is 0. The van der Waals surface area contributed by atoms with Crippen molar-refractivity contribution >= 4 is 17.4 Å². The van der Waals surface area contributed by atoms with Gasteiger partial charge in [-0.05, 0) is 17.7 Å². The van der Waals surface area contributed by atoms with Crippen molar-refractivity contribution in [2.24, 2.45) is 5.92 Å². The van der Waals surface area contributed by atoms with Crippen molar-refractivity contribution in [2.45, 2.75) is 12.7 Å². The van der Waals surface area contributed by atoms with Gasteiger partial charge in [0.2, 0.25) is 0 Å². The van der Waals surface area contributed by atoms with Gasteiger partial charge in [0.05, 0.1) is 7.11 Å². The van der Waals surface area contributed by atoms with Crippen LogP contribution in [0.4, 0.5) is 5.69 Å². The largest absolute Gasteiger partial charge is 0.496 e. The molecule has 16 heavy (non-hydrogen) atoms. The van der Waals surface area contributed by atoms with Gasteiger partial charge in [-0.2, -0.15) is 11.8 Å². The number of hydrogen-bond acceptors (Lipinski definition) is 4. The molecule has 4 heteroatoms. The minimum absolute atomic E-state index is 0.242. The fourth-order valence-electron chi connectivity index (χ4n) is 1.30. The van der Waals surface area contributed by atoms with Crippen molar-refractivity contribution in [3.8, 4) is 5.75 Å². The number of anilines is 1. The van der Waals surface area contributed by atoms with Crippen molar-refractivity contribution in [3.63, 3.8) is 0 Å². The Morgan fingerprint density at radius 1 is 1.50 bits per heavy atom. The molecule has 0 amide bonds. The van der Waals surface area contributed by atoms with Gasteiger partial charge < -0.3 is 15.6 Å². The Hall–Kier alpha value is -0.870. The zero-order valence-corrected chi connectivity index (χ0v) is 10.6. The number of benzene rings is 1. The quantitative estimate of drug-likeness (QED) is 0.749. The second-order valence-corrected chi connectivity index (χ2v) is 4.90. The molecule has 3 N–H and O–H groups in total. The highest BCUT2D eigenvalue weighted by atomic mass is 32.2. The van der Waals surface area contributed by atoms with Gasteiger partial charge in [-0.1, -0.05) is 13.0 Å². The molecule has 0 saturated heterocycles. The van der Waals surface area contributed by atoms with E-state index >= 15 is 0 Å². The molecule has 0 aromatic heterocycles. The number of aliphatic hydroxyl groups is 1. The van der Waals surface area contributed by atoms with E-state index in [-0.39, 0.29) is 6.61 Å². The van der Waals surface area contributed by atoms with E-state index in [1.165, 1.54) is 0 Å². The Kier molecular flexibility index (Phi) is 5.49. The summed E-state index contributed by atoms with van der Waals surface area (Å²) in [6.07, 6.45) is 0. The average molecular weight is 241 g/mol. The molecular weight excluding hydrogens is 222 g/mol. The lowest BCUT2D eigenvalue weighted by Crippen LogP contribution is -2.03. The predicted octanol–water partition coefficient (Wildman–Crippen LogP) is 2.14. The Morgan fingerprint density at radius 2 is 2.25 bits per heavy atom. The van der Waals surface area contributed by atoms with Crippen LogP contribution in [0.1, 0.15) is 12.5 Å². The van der Waals surface area contributed by atoms with Crippen LogP contribution in [0.5, 0.6) is 5.75 Å². The third kappa shape index (κ3) is 3.94. The first-order chi connectivity index (χ1) is 7.67. The smallest absolute Gasteiger partial charge is 0.124 e. The molecule has 0 aliphatic rings. The number of hydrogen-bond donors (Lipinski definition) is 2. The first-order valence-corrected chi connectivity index (χ1v) is 6.43. The highest BCUT2D eigenvalue weighted by molar-refractivity contribution is 7.98.